The molecule has 128 valence electrons. The maximum atomic E-state index is 11.7. The minimum absolute atomic E-state index is 0.300. The van der Waals surface area contributed by atoms with E-state index in [1.807, 2.05) is 30.3 Å². The highest BCUT2D eigenvalue weighted by atomic mass is 16.5. The van der Waals surface area contributed by atoms with Crippen LogP contribution >= 0.6 is 0 Å². The molecule has 24 heavy (non-hydrogen) atoms. The van der Waals surface area contributed by atoms with Gasteiger partial charge >= 0.3 is 5.97 Å². The summed E-state index contributed by atoms with van der Waals surface area (Å²) in [5.74, 6) is 2.10. The van der Waals surface area contributed by atoms with E-state index >= 15 is 0 Å². The van der Waals surface area contributed by atoms with Crippen LogP contribution in [0.3, 0.4) is 0 Å². The lowest BCUT2D eigenvalue weighted by molar-refractivity contribution is 0.0601. The van der Waals surface area contributed by atoms with Gasteiger partial charge in [-0.3, -0.25) is 0 Å². The second-order valence-corrected chi connectivity index (χ2v) is 7.27. The smallest absolute Gasteiger partial charge is 0.337 e. The van der Waals surface area contributed by atoms with Gasteiger partial charge in [0, 0.05) is 0 Å². The highest BCUT2D eigenvalue weighted by Gasteiger charge is 2.25. The predicted octanol–water partition coefficient (Wildman–Crippen LogP) is 5.14. The highest BCUT2D eigenvalue weighted by Crippen LogP contribution is 2.34. The SMILES string of the molecule is COC(=O)c1ccc2c(C)c(OC3C[C@@H](C)C[C@@H](C)C3)ccc2c1. The molecule has 0 heterocycles. The molecule has 3 nitrogen and oxygen atoms in total. The molecule has 1 fully saturated rings. The van der Waals surface area contributed by atoms with Crippen LogP contribution in [-0.2, 0) is 4.74 Å². The normalized spacial score (nSPS) is 23.9. The first kappa shape index (κ1) is 16.8. The number of fused-ring (bicyclic) bond motifs is 1. The van der Waals surface area contributed by atoms with Crippen molar-refractivity contribution in [3.63, 3.8) is 0 Å². The number of carbonyl (C=O) groups excluding carboxylic acids is 1. The van der Waals surface area contributed by atoms with Crippen molar-refractivity contribution in [2.45, 2.75) is 46.1 Å². The van der Waals surface area contributed by atoms with Crippen molar-refractivity contribution in [1.82, 2.24) is 0 Å². The van der Waals surface area contributed by atoms with E-state index in [2.05, 4.69) is 20.8 Å². The first-order valence-electron chi connectivity index (χ1n) is 8.76. The van der Waals surface area contributed by atoms with Crippen molar-refractivity contribution < 1.29 is 14.3 Å². The number of esters is 1. The molecule has 0 saturated heterocycles. The zero-order valence-corrected chi connectivity index (χ0v) is 15.0. The minimum Gasteiger partial charge on any atom is -0.490 e. The number of aryl methyl sites for hydroxylation is 1. The van der Waals surface area contributed by atoms with Crippen LogP contribution in [0, 0.1) is 18.8 Å². The first-order valence-corrected chi connectivity index (χ1v) is 8.76. The maximum Gasteiger partial charge on any atom is 0.337 e. The van der Waals surface area contributed by atoms with Gasteiger partial charge in [0.25, 0.3) is 0 Å². The van der Waals surface area contributed by atoms with E-state index in [1.54, 1.807) is 0 Å². The molecule has 0 spiro atoms. The fourth-order valence-corrected chi connectivity index (χ4v) is 3.99. The Balaban J connectivity index is 1.87. The molecule has 1 saturated carbocycles. The molecule has 3 rings (SSSR count). The van der Waals surface area contributed by atoms with Crippen molar-refractivity contribution >= 4 is 16.7 Å². The molecule has 1 aliphatic carbocycles. The Morgan fingerprint density at radius 3 is 2.42 bits per heavy atom. The summed E-state index contributed by atoms with van der Waals surface area (Å²) in [5, 5.41) is 2.16. The van der Waals surface area contributed by atoms with E-state index in [0.717, 1.165) is 46.8 Å². The van der Waals surface area contributed by atoms with Crippen molar-refractivity contribution in [3.8, 4) is 5.75 Å². The lowest BCUT2D eigenvalue weighted by atomic mass is 9.82. The van der Waals surface area contributed by atoms with Gasteiger partial charge < -0.3 is 9.47 Å². The van der Waals surface area contributed by atoms with Crippen LogP contribution in [0.4, 0.5) is 0 Å². The standard InChI is InChI=1S/C21H26O3/c1-13-9-14(2)11-18(10-13)24-20-8-6-16-12-17(21(22)23-4)5-7-19(16)15(20)3/h5-8,12-14,18H,9-11H2,1-4H3/t13-,14+,18?. The van der Waals surface area contributed by atoms with E-state index in [1.165, 1.54) is 13.5 Å². The second kappa shape index (κ2) is 6.84. The second-order valence-electron chi connectivity index (χ2n) is 7.27. The van der Waals surface area contributed by atoms with Crippen LogP contribution in [0.25, 0.3) is 10.8 Å². The highest BCUT2D eigenvalue weighted by molar-refractivity contribution is 5.96. The third-order valence-electron chi connectivity index (χ3n) is 5.09. The predicted molar refractivity (Wildman–Crippen MR) is 96.6 cm³/mol. The fourth-order valence-electron chi connectivity index (χ4n) is 3.99. The zero-order chi connectivity index (χ0) is 17.3. The van der Waals surface area contributed by atoms with Crippen molar-refractivity contribution in [2.24, 2.45) is 11.8 Å². The number of hydrogen-bond donors (Lipinski definition) is 0. The van der Waals surface area contributed by atoms with Gasteiger partial charge in [-0.1, -0.05) is 26.0 Å². The Morgan fingerprint density at radius 2 is 1.75 bits per heavy atom. The molecule has 3 atom stereocenters. The molecule has 0 aliphatic heterocycles. The third kappa shape index (κ3) is 3.40. The van der Waals surface area contributed by atoms with Crippen LogP contribution in [0.15, 0.2) is 30.3 Å². The van der Waals surface area contributed by atoms with Crippen LogP contribution in [0.1, 0.15) is 49.0 Å². The number of methoxy groups -OCH3 is 1. The van der Waals surface area contributed by atoms with Crippen molar-refractivity contribution in [2.75, 3.05) is 7.11 Å². The largest absolute Gasteiger partial charge is 0.490 e. The zero-order valence-electron chi connectivity index (χ0n) is 15.0. The summed E-state index contributed by atoms with van der Waals surface area (Å²) in [4.78, 5) is 11.7. The molecular formula is C21H26O3. The summed E-state index contributed by atoms with van der Waals surface area (Å²) in [6, 6.07) is 9.73. The summed E-state index contributed by atoms with van der Waals surface area (Å²) < 4.78 is 11.1. The van der Waals surface area contributed by atoms with E-state index in [4.69, 9.17) is 9.47 Å². The van der Waals surface area contributed by atoms with Crippen LogP contribution in [0.2, 0.25) is 0 Å². The van der Waals surface area contributed by atoms with E-state index in [0.29, 0.717) is 11.7 Å². The molecule has 3 heteroatoms. The Labute approximate surface area is 144 Å². The lowest BCUT2D eigenvalue weighted by Gasteiger charge is -2.32. The Hall–Kier alpha value is -2.03. The number of rotatable bonds is 3. The van der Waals surface area contributed by atoms with Crippen LogP contribution in [0.5, 0.6) is 5.75 Å². The average molecular weight is 326 g/mol. The molecule has 0 amide bonds. The van der Waals surface area contributed by atoms with E-state index < -0.39 is 0 Å². The number of carbonyl (C=O) groups is 1. The molecule has 2 aromatic carbocycles. The molecule has 0 aromatic heterocycles. The maximum absolute atomic E-state index is 11.7. The number of hydrogen-bond acceptors (Lipinski definition) is 3. The van der Waals surface area contributed by atoms with E-state index in [9.17, 15) is 4.79 Å². The summed E-state index contributed by atoms with van der Waals surface area (Å²) in [6.07, 6.45) is 3.85. The van der Waals surface area contributed by atoms with Gasteiger partial charge in [0.1, 0.15) is 5.75 Å². The van der Waals surface area contributed by atoms with Crippen molar-refractivity contribution in [3.05, 3.63) is 41.5 Å². The fraction of sp³-hybridized carbons (Fsp3) is 0.476. The van der Waals surface area contributed by atoms with Crippen LogP contribution < -0.4 is 4.74 Å². The topological polar surface area (TPSA) is 35.5 Å². The molecule has 2 aromatic rings. The molecule has 0 N–H and O–H groups in total. The quantitative estimate of drug-likeness (QED) is 0.733. The molecule has 0 bridgehead atoms. The van der Waals surface area contributed by atoms with Gasteiger partial charge in [0.15, 0.2) is 0 Å². The number of benzene rings is 2. The summed E-state index contributed by atoms with van der Waals surface area (Å²) >= 11 is 0. The molecule has 1 unspecified atom stereocenters. The monoisotopic (exact) mass is 326 g/mol. The Bertz CT molecular complexity index is 740. The van der Waals surface area contributed by atoms with Gasteiger partial charge in [-0.2, -0.15) is 0 Å². The number of ether oxygens (including phenoxy) is 2. The summed E-state index contributed by atoms with van der Waals surface area (Å²) in [7, 11) is 1.40. The van der Waals surface area contributed by atoms with Gasteiger partial charge in [-0.05, 0) is 72.6 Å². The summed E-state index contributed by atoms with van der Waals surface area (Å²) in [6.45, 7) is 6.71. The lowest BCUT2D eigenvalue weighted by Crippen LogP contribution is -2.28. The minimum atomic E-state index is -0.305. The van der Waals surface area contributed by atoms with E-state index in [-0.39, 0.29) is 5.97 Å². The molecular weight excluding hydrogens is 300 g/mol. The first-order chi connectivity index (χ1) is 11.5. The Kier molecular flexibility index (Phi) is 4.79. The van der Waals surface area contributed by atoms with Gasteiger partial charge in [0.05, 0.1) is 18.8 Å². The van der Waals surface area contributed by atoms with Gasteiger partial charge in [0.2, 0.25) is 0 Å². The van der Waals surface area contributed by atoms with Crippen molar-refractivity contribution in [1.29, 1.82) is 0 Å². The molecule has 0 radical (unpaired) electrons. The third-order valence-corrected chi connectivity index (χ3v) is 5.09. The molecule has 1 aliphatic rings. The van der Waals surface area contributed by atoms with Crippen LogP contribution in [-0.4, -0.2) is 19.2 Å². The van der Waals surface area contributed by atoms with Gasteiger partial charge in [-0.15, -0.1) is 0 Å². The Morgan fingerprint density at radius 1 is 1.04 bits per heavy atom. The van der Waals surface area contributed by atoms with Gasteiger partial charge in [-0.25, -0.2) is 4.79 Å². The summed E-state index contributed by atoms with van der Waals surface area (Å²) in [5.41, 5.74) is 1.71. The average Bonchev–Trinajstić information content (AvgIpc) is 2.55.